The molecule has 0 aliphatic heterocycles. The summed E-state index contributed by atoms with van der Waals surface area (Å²) in [6, 6.07) is 0.747. The molecule has 1 aliphatic rings. The second-order valence-corrected chi connectivity index (χ2v) is 4.29. The summed E-state index contributed by atoms with van der Waals surface area (Å²) in [6.07, 6.45) is 5.43. The number of nitrogens with zero attached hydrogens (tertiary/aromatic N) is 1. The summed E-state index contributed by atoms with van der Waals surface area (Å²) in [7, 11) is 3.89. The van der Waals surface area contributed by atoms with Crippen LogP contribution in [-0.2, 0) is 4.74 Å². The van der Waals surface area contributed by atoms with Crippen molar-refractivity contribution < 1.29 is 4.74 Å². The molecular weight excluding hydrogens is 176 g/mol. The lowest BCUT2D eigenvalue weighted by Gasteiger charge is -2.26. The smallest absolute Gasteiger partial charge is 0.0615 e. The minimum absolute atomic E-state index is 0.270. The third kappa shape index (κ3) is 3.40. The number of ether oxygens (including phenoxy) is 1. The lowest BCUT2D eigenvalue weighted by molar-refractivity contribution is 0.109. The fraction of sp³-hybridized carbons (Fsp3) is 0.818. The maximum atomic E-state index is 5.81. The van der Waals surface area contributed by atoms with Crippen LogP contribution in [0.15, 0.2) is 12.2 Å². The highest BCUT2D eigenvalue weighted by Crippen LogP contribution is 2.17. The lowest BCUT2D eigenvalue weighted by atomic mass is 10.1. The summed E-state index contributed by atoms with van der Waals surface area (Å²) in [5.74, 6) is 0.620. The highest BCUT2D eigenvalue weighted by molar-refractivity contribution is 5.05. The molecule has 0 bridgehead atoms. The van der Waals surface area contributed by atoms with Crippen LogP contribution < -0.4 is 5.73 Å². The van der Waals surface area contributed by atoms with Gasteiger partial charge in [-0.25, -0.2) is 0 Å². The highest BCUT2D eigenvalue weighted by Gasteiger charge is 2.19. The summed E-state index contributed by atoms with van der Waals surface area (Å²) in [6.45, 7) is 4.05. The zero-order chi connectivity index (χ0) is 10.6. The molecule has 14 heavy (non-hydrogen) atoms. The van der Waals surface area contributed by atoms with Gasteiger partial charge in [-0.1, -0.05) is 12.2 Å². The number of methoxy groups -OCH3 is 1. The molecule has 3 nitrogen and oxygen atoms in total. The van der Waals surface area contributed by atoms with Crippen LogP contribution in [0.2, 0.25) is 0 Å². The van der Waals surface area contributed by atoms with Gasteiger partial charge in [0.2, 0.25) is 0 Å². The van der Waals surface area contributed by atoms with E-state index < -0.39 is 0 Å². The molecule has 82 valence electrons. The molecule has 0 heterocycles. The first-order valence-electron chi connectivity index (χ1n) is 5.26. The maximum Gasteiger partial charge on any atom is 0.0615 e. The first-order chi connectivity index (χ1) is 6.63. The Bertz CT molecular complexity index is 194. The van der Waals surface area contributed by atoms with Crippen molar-refractivity contribution >= 4 is 0 Å². The first kappa shape index (κ1) is 11.7. The van der Waals surface area contributed by atoms with Gasteiger partial charge in [0, 0.05) is 25.7 Å². The van der Waals surface area contributed by atoms with E-state index in [-0.39, 0.29) is 6.04 Å². The van der Waals surface area contributed by atoms with Gasteiger partial charge in [-0.2, -0.15) is 0 Å². The maximum absolute atomic E-state index is 5.81. The van der Waals surface area contributed by atoms with Gasteiger partial charge in [-0.3, -0.25) is 0 Å². The summed E-state index contributed by atoms with van der Waals surface area (Å²) >= 11 is 0. The number of likely N-dealkylation sites (N-methyl/N-ethyl adjacent to an activating group) is 1. The molecule has 0 radical (unpaired) electrons. The van der Waals surface area contributed by atoms with Crippen LogP contribution in [0.1, 0.15) is 13.3 Å². The Morgan fingerprint density at radius 3 is 2.79 bits per heavy atom. The van der Waals surface area contributed by atoms with Gasteiger partial charge in [0.05, 0.1) is 6.61 Å². The van der Waals surface area contributed by atoms with Crippen LogP contribution in [-0.4, -0.2) is 44.3 Å². The summed E-state index contributed by atoms with van der Waals surface area (Å²) < 4.78 is 5.13. The van der Waals surface area contributed by atoms with Gasteiger partial charge in [-0.05, 0) is 26.3 Å². The minimum Gasteiger partial charge on any atom is -0.383 e. The fourth-order valence-corrected chi connectivity index (χ4v) is 1.86. The standard InChI is InChI=1S/C11H22N2O/c1-9(8-14-3)13(2)7-10-4-5-11(12)6-10/h4-5,9-11H,6-8,12H2,1-3H3. The van der Waals surface area contributed by atoms with Crippen molar-refractivity contribution in [2.75, 3.05) is 27.3 Å². The third-order valence-corrected chi connectivity index (χ3v) is 2.89. The lowest BCUT2D eigenvalue weighted by Crippen LogP contribution is -2.36. The molecular formula is C11H22N2O. The van der Waals surface area contributed by atoms with Crippen molar-refractivity contribution in [2.24, 2.45) is 11.7 Å². The third-order valence-electron chi connectivity index (χ3n) is 2.89. The van der Waals surface area contributed by atoms with Gasteiger partial charge < -0.3 is 15.4 Å². The molecule has 3 atom stereocenters. The van der Waals surface area contributed by atoms with Crippen LogP contribution in [0.5, 0.6) is 0 Å². The predicted molar refractivity (Wildman–Crippen MR) is 59.2 cm³/mol. The Morgan fingerprint density at radius 2 is 2.29 bits per heavy atom. The fourth-order valence-electron chi connectivity index (χ4n) is 1.86. The minimum atomic E-state index is 0.270. The predicted octanol–water partition coefficient (Wildman–Crippen LogP) is 0.857. The van der Waals surface area contributed by atoms with E-state index >= 15 is 0 Å². The van der Waals surface area contributed by atoms with Gasteiger partial charge >= 0.3 is 0 Å². The van der Waals surface area contributed by atoms with E-state index in [0.717, 1.165) is 19.6 Å². The molecule has 0 aromatic rings. The van der Waals surface area contributed by atoms with Crippen molar-refractivity contribution in [1.82, 2.24) is 4.90 Å². The average molecular weight is 198 g/mol. The number of hydrogen-bond acceptors (Lipinski definition) is 3. The highest BCUT2D eigenvalue weighted by atomic mass is 16.5. The van der Waals surface area contributed by atoms with Crippen molar-refractivity contribution in [2.45, 2.75) is 25.4 Å². The van der Waals surface area contributed by atoms with Crippen molar-refractivity contribution in [3.63, 3.8) is 0 Å². The molecule has 1 rings (SSSR count). The molecule has 0 spiro atoms. The van der Waals surface area contributed by atoms with Crippen LogP contribution in [0, 0.1) is 5.92 Å². The number of hydrogen-bond donors (Lipinski definition) is 1. The molecule has 1 aliphatic carbocycles. The van der Waals surface area contributed by atoms with Gasteiger partial charge in [0.15, 0.2) is 0 Å². The second-order valence-electron chi connectivity index (χ2n) is 4.29. The average Bonchev–Trinajstić information content (AvgIpc) is 2.51. The van der Waals surface area contributed by atoms with E-state index in [2.05, 4.69) is 31.0 Å². The van der Waals surface area contributed by atoms with E-state index in [1.807, 2.05) is 0 Å². The zero-order valence-electron chi connectivity index (χ0n) is 9.44. The SMILES string of the molecule is COCC(C)N(C)CC1C=CC(N)C1. The summed E-state index contributed by atoms with van der Waals surface area (Å²) in [5, 5.41) is 0. The van der Waals surface area contributed by atoms with Crippen molar-refractivity contribution in [3.8, 4) is 0 Å². The van der Waals surface area contributed by atoms with E-state index in [9.17, 15) is 0 Å². The van der Waals surface area contributed by atoms with Crippen molar-refractivity contribution in [1.29, 1.82) is 0 Å². The van der Waals surface area contributed by atoms with E-state index in [1.54, 1.807) is 7.11 Å². The largest absolute Gasteiger partial charge is 0.383 e. The second kappa shape index (κ2) is 5.49. The quantitative estimate of drug-likeness (QED) is 0.666. The molecule has 0 aromatic heterocycles. The Balaban J connectivity index is 2.26. The Hall–Kier alpha value is -0.380. The Labute approximate surface area is 86.9 Å². The van der Waals surface area contributed by atoms with E-state index in [4.69, 9.17) is 10.5 Å². The monoisotopic (exact) mass is 198 g/mol. The Kier molecular flexibility index (Phi) is 4.58. The van der Waals surface area contributed by atoms with Crippen LogP contribution in [0.3, 0.4) is 0 Å². The number of rotatable bonds is 5. The van der Waals surface area contributed by atoms with E-state index in [0.29, 0.717) is 12.0 Å². The molecule has 3 unspecified atom stereocenters. The van der Waals surface area contributed by atoms with Crippen molar-refractivity contribution in [3.05, 3.63) is 12.2 Å². The normalized spacial score (nSPS) is 28.6. The molecule has 3 heteroatoms. The molecule has 0 saturated heterocycles. The first-order valence-corrected chi connectivity index (χ1v) is 5.26. The van der Waals surface area contributed by atoms with E-state index in [1.165, 1.54) is 0 Å². The van der Waals surface area contributed by atoms with Gasteiger partial charge in [0.1, 0.15) is 0 Å². The van der Waals surface area contributed by atoms with Gasteiger partial charge in [0.25, 0.3) is 0 Å². The Morgan fingerprint density at radius 1 is 1.57 bits per heavy atom. The summed E-state index contributed by atoms with van der Waals surface area (Å²) in [4.78, 5) is 2.33. The zero-order valence-corrected chi connectivity index (χ0v) is 9.44. The molecule has 0 fully saturated rings. The van der Waals surface area contributed by atoms with Gasteiger partial charge in [-0.15, -0.1) is 0 Å². The van der Waals surface area contributed by atoms with Crippen LogP contribution >= 0.6 is 0 Å². The summed E-state index contributed by atoms with van der Waals surface area (Å²) in [5.41, 5.74) is 5.81. The topological polar surface area (TPSA) is 38.5 Å². The molecule has 0 aromatic carbocycles. The molecule has 0 amide bonds. The molecule has 2 N–H and O–H groups in total. The van der Waals surface area contributed by atoms with Crippen LogP contribution in [0.4, 0.5) is 0 Å². The van der Waals surface area contributed by atoms with Crippen LogP contribution in [0.25, 0.3) is 0 Å². The molecule has 0 saturated carbocycles. The number of nitrogens with two attached hydrogens (primary N) is 1.